The lowest BCUT2D eigenvalue weighted by Gasteiger charge is -2.20. The highest BCUT2D eigenvalue weighted by atomic mass is 16.5. The highest BCUT2D eigenvalue weighted by molar-refractivity contribution is 5.91. The molecule has 0 aromatic carbocycles. The van der Waals surface area contributed by atoms with E-state index in [1.807, 2.05) is 0 Å². The van der Waals surface area contributed by atoms with Crippen LogP contribution in [0.1, 0.15) is 38.5 Å². The zero-order valence-corrected chi connectivity index (χ0v) is 18.1. The van der Waals surface area contributed by atoms with Crippen LogP contribution in [0.15, 0.2) is 0 Å². The Balaban J connectivity index is 4.39. The number of methoxy groups -OCH3 is 1. The maximum Gasteiger partial charge on any atom is 0.243 e. The summed E-state index contributed by atoms with van der Waals surface area (Å²) in [6.45, 7) is 2.45. The summed E-state index contributed by atoms with van der Waals surface area (Å²) >= 11 is 0. The molecule has 0 aliphatic rings. The van der Waals surface area contributed by atoms with E-state index in [0.29, 0.717) is 58.7 Å². The summed E-state index contributed by atoms with van der Waals surface area (Å²) in [7, 11) is 1.58. The Morgan fingerprint density at radius 1 is 0.867 bits per heavy atom. The fourth-order valence-electron chi connectivity index (χ4n) is 2.54. The normalized spacial score (nSPS) is 12.8. The van der Waals surface area contributed by atoms with E-state index in [1.165, 1.54) is 0 Å². The molecule has 9 N–H and O–H groups in total. The van der Waals surface area contributed by atoms with Crippen molar-refractivity contribution in [2.75, 3.05) is 53.1 Å². The number of amides is 3. The highest BCUT2D eigenvalue weighted by Gasteiger charge is 2.23. The van der Waals surface area contributed by atoms with Crippen LogP contribution in [0.2, 0.25) is 0 Å². The van der Waals surface area contributed by atoms with Crippen LogP contribution >= 0.6 is 0 Å². The van der Waals surface area contributed by atoms with Gasteiger partial charge in [0.25, 0.3) is 0 Å². The molecule has 0 aliphatic heterocycles. The van der Waals surface area contributed by atoms with Gasteiger partial charge in [-0.3, -0.25) is 14.4 Å². The lowest BCUT2D eigenvalue weighted by molar-refractivity contribution is -0.131. The SMILES string of the molecule is COCCOCCNC(=O)CNC(=O)C(CCCCN)NC(=O)C(N)CCCCN. The van der Waals surface area contributed by atoms with E-state index in [4.69, 9.17) is 26.7 Å². The molecule has 0 saturated carbocycles. The standard InChI is InChI=1S/C19H40N6O5/c1-29-12-13-30-11-10-23-17(26)14-24-19(28)16(7-3-5-9-21)25-18(27)15(22)6-2-4-8-20/h15-16H,2-14,20-22H2,1H3,(H,23,26)(H,24,28)(H,25,27). The predicted molar refractivity (Wildman–Crippen MR) is 114 cm³/mol. The van der Waals surface area contributed by atoms with Crippen LogP contribution in [0.3, 0.4) is 0 Å². The maximum atomic E-state index is 12.5. The number of nitrogens with two attached hydrogens (primary N) is 3. The van der Waals surface area contributed by atoms with E-state index < -0.39 is 23.9 Å². The van der Waals surface area contributed by atoms with Gasteiger partial charge in [0, 0.05) is 13.7 Å². The molecule has 2 atom stereocenters. The lowest BCUT2D eigenvalue weighted by Crippen LogP contribution is -2.52. The molecule has 2 unspecified atom stereocenters. The van der Waals surface area contributed by atoms with Gasteiger partial charge in [0.15, 0.2) is 0 Å². The van der Waals surface area contributed by atoms with Gasteiger partial charge in [-0.05, 0) is 45.2 Å². The summed E-state index contributed by atoms with van der Waals surface area (Å²) in [4.78, 5) is 36.6. The zero-order chi connectivity index (χ0) is 22.6. The van der Waals surface area contributed by atoms with Crippen molar-refractivity contribution in [3.8, 4) is 0 Å². The van der Waals surface area contributed by atoms with Crippen molar-refractivity contribution in [3.63, 3.8) is 0 Å². The zero-order valence-electron chi connectivity index (χ0n) is 18.1. The maximum absolute atomic E-state index is 12.5. The van der Waals surface area contributed by atoms with Crippen LogP contribution in [0, 0.1) is 0 Å². The Morgan fingerprint density at radius 2 is 1.53 bits per heavy atom. The number of hydrogen-bond donors (Lipinski definition) is 6. The molecule has 0 radical (unpaired) electrons. The molecule has 3 amide bonds. The predicted octanol–water partition coefficient (Wildman–Crippen LogP) is -2.05. The summed E-state index contributed by atoms with van der Waals surface area (Å²) in [5.74, 6) is -1.16. The average molecular weight is 433 g/mol. The molecule has 11 heteroatoms. The third kappa shape index (κ3) is 15.1. The second-order valence-corrected chi connectivity index (χ2v) is 6.91. The molecule has 0 aromatic heterocycles. The molecular weight excluding hydrogens is 392 g/mol. The summed E-state index contributed by atoms with van der Waals surface area (Å²) in [6.07, 6.45) is 3.83. The van der Waals surface area contributed by atoms with Crippen molar-refractivity contribution in [3.05, 3.63) is 0 Å². The summed E-state index contributed by atoms with van der Waals surface area (Å²) in [5, 5.41) is 7.88. The van der Waals surface area contributed by atoms with E-state index in [0.717, 1.165) is 19.3 Å². The lowest BCUT2D eigenvalue weighted by atomic mass is 10.1. The number of ether oxygens (including phenoxy) is 2. The molecule has 0 aliphatic carbocycles. The fraction of sp³-hybridized carbons (Fsp3) is 0.842. The first kappa shape index (κ1) is 28.2. The number of carbonyl (C=O) groups is 3. The van der Waals surface area contributed by atoms with E-state index >= 15 is 0 Å². The molecule has 0 rings (SSSR count). The van der Waals surface area contributed by atoms with Crippen LogP contribution in [0.5, 0.6) is 0 Å². The topological polar surface area (TPSA) is 184 Å². The summed E-state index contributed by atoms with van der Waals surface area (Å²) in [5.41, 5.74) is 16.8. The minimum atomic E-state index is -0.769. The number of rotatable bonds is 19. The third-order valence-corrected chi connectivity index (χ3v) is 4.31. The van der Waals surface area contributed by atoms with Crippen LogP contribution in [-0.4, -0.2) is 82.9 Å². The number of carbonyl (C=O) groups excluding carboxylic acids is 3. The molecule has 0 fully saturated rings. The molecular formula is C19H40N6O5. The Morgan fingerprint density at radius 3 is 2.17 bits per heavy atom. The molecule has 176 valence electrons. The summed E-state index contributed by atoms with van der Waals surface area (Å²) < 4.78 is 10.1. The Bertz CT molecular complexity index is 480. The molecule has 0 aromatic rings. The minimum absolute atomic E-state index is 0.192. The van der Waals surface area contributed by atoms with Gasteiger partial charge in [0.1, 0.15) is 6.04 Å². The van der Waals surface area contributed by atoms with Crippen molar-refractivity contribution in [2.24, 2.45) is 17.2 Å². The van der Waals surface area contributed by atoms with E-state index in [-0.39, 0.29) is 12.5 Å². The van der Waals surface area contributed by atoms with Crippen molar-refractivity contribution < 1.29 is 23.9 Å². The van der Waals surface area contributed by atoms with Crippen molar-refractivity contribution in [2.45, 2.75) is 50.6 Å². The van der Waals surface area contributed by atoms with Crippen molar-refractivity contribution in [1.82, 2.24) is 16.0 Å². The van der Waals surface area contributed by atoms with Gasteiger partial charge in [-0.25, -0.2) is 0 Å². The van der Waals surface area contributed by atoms with E-state index in [9.17, 15) is 14.4 Å². The van der Waals surface area contributed by atoms with Gasteiger partial charge >= 0.3 is 0 Å². The molecule has 30 heavy (non-hydrogen) atoms. The Kier molecular flexibility index (Phi) is 18.0. The number of unbranched alkanes of at least 4 members (excludes halogenated alkanes) is 2. The number of hydrogen-bond acceptors (Lipinski definition) is 8. The Hall–Kier alpha value is -1.79. The van der Waals surface area contributed by atoms with Gasteiger partial charge in [-0.1, -0.05) is 6.42 Å². The highest BCUT2D eigenvalue weighted by Crippen LogP contribution is 2.03. The first-order valence-electron chi connectivity index (χ1n) is 10.5. The van der Waals surface area contributed by atoms with E-state index in [2.05, 4.69) is 16.0 Å². The van der Waals surface area contributed by atoms with Gasteiger partial charge in [-0.2, -0.15) is 0 Å². The quantitative estimate of drug-likeness (QED) is 0.126. The monoisotopic (exact) mass is 432 g/mol. The largest absolute Gasteiger partial charge is 0.382 e. The van der Waals surface area contributed by atoms with Gasteiger partial charge in [0.2, 0.25) is 17.7 Å². The van der Waals surface area contributed by atoms with Crippen molar-refractivity contribution >= 4 is 17.7 Å². The smallest absolute Gasteiger partial charge is 0.243 e. The second-order valence-electron chi connectivity index (χ2n) is 6.91. The molecule has 0 spiro atoms. The van der Waals surface area contributed by atoms with Crippen LogP contribution < -0.4 is 33.2 Å². The Labute approximate surface area is 179 Å². The fourth-order valence-corrected chi connectivity index (χ4v) is 2.54. The van der Waals surface area contributed by atoms with Gasteiger partial charge in [0.05, 0.1) is 32.4 Å². The third-order valence-electron chi connectivity index (χ3n) is 4.31. The second kappa shape index (κ2) is 19.2. The van der Waals surface area contributed by atoms with Crippen LogP contribution in [0.4, 0.5) is 0 Å². The van der Waals surface area contributed by atoms with Crippen molar-refractivity contribution in [1.29, 1.82) is 0 Å². The molecule has 11 nitrogen and oxygen atoms in total. The summed E-state index contributed by atoms with van der Waals surface area (Å²) in [6, 6.07) is -1.47. The first-order valence-corrected chi connectivity index (χ1v) is 10.5. The van der Waals surface area contributed by atoms with Gasteiger partial charge in [-0.15, -0.1) is 0 Å². The first-order chi connectivity index (χ1) is 14.5. The van der Waals surface area contributed by atoms with E-state index in [1.54, 1.807) is 7.11 Å². The molecule has 0 heterocycles. The molecule has 0 bridgehead atoms. The van der Waals surface area contributed by atoms with Crippen LogP contribution in [0.25, 0.3) is 0 Å². The van der Waals surface area contributed by atoms with Gasteiger partial charge < -0.3 is 42.6 Å². The average Bonchev–Trinajstić information content (AvgIpc) is 2.73. The molecule has 0 saturated heterocycles. The van der Waals surface area contributed by atoms with Crippen LogP contribution in [-0.2, 0) is 23.9 Å². The minimum Gasteiger partial charge on any atom is -0.382 e. The number of nitrogens with one attached hydrogen (secondary N) is 3.